The number of nitrogens with one attached hydrogen (secondary N) is 1. The Balaban J connectivity index is 1.83. The van der Waals surface area contributed by atoms with E-state index < -0.39 is 0 Å². The molecule has 7 nitrogen and oxygen atoms in total. The molecule has 1 fully saturated rings. The van der Waals surface area contributed by atoms with Crippen molar-refractivity contribution < 1.29 is 4.52 Å². The Kier molecular flexibility index (Phi) is 4.85. The van der Waals surface area contributed by atoms with E-state index in [9.17, 15) is 0 Å². The van der Waals surface area contributed by atoms with Crippen LogP contribution in [0.15, 0.2) is 10.6 Å². The van der Waals surface area contributed by atoms with E-state index in [-0.39, 0.29) is 0 Å². The first kappa shape index (κ1) is 15.9. The van der Waals surface area contributed by atoms with Crippen molar-refractivity contribution in [2.45, 2.75) is 46.1 Å². The van der Waals surface area contributed by atoms with Crippen LogP contribution in [0, 0.1) is 13.8 Å². The number of aryl methyl sites for hydroxylation is 2. The zero-order valence-electron chi connectivity index (χ0n) is 14.0. The Hall–Kier alpha value is -2.02. The fourth-order valence-corrected chi connectivity index (χ4v) is 2.98. The van der Waals surface area contributed by atoms with Gasteiger partial charge in [-0.2, -0.15) is 4.98 Å². The normalized spacial score (nSPS) is 18.1. The van der Waals surface area contributed by atoms with E-state index in [0.29, 0.717) is 24.2 Å². The summed E-state index contributed by atoms with van der Waals surface area (Å²) in [6.45, 7) is 9.37. The van der Waals surface area contributed by atoms with Crippen molar-refractivity contribution in [2.24, 2.45) is 0 Å². The summed E-state index contributed by atoms with van der Waals surface area (Å²) in [4.78, 5) is 15.7. The van der Waals surface area contributed by atoms with Crippen LogP contribution in [0.1, 0.15) is 48.9 Å². The lowest BCUT2D eigenvalue weighted by Crippen LogP contribution is -2.30. The molecule has 0 amide bonds. The summed E-state index contributed by atoms with van der Waals surface area (Å²) in [5.74, 6) is 3.48. The predicted molar refractivity (Wildman–Crippen MR) is 87.4 cm³/mol. The minimum absolute atomic E-state index is 0.468. The topological polar surface area (TPSA) is 80.0 Å². The summed E-state index contributed by atoms with van der Waals surface area (Å²) >= 11 is 0. The summed E-state index contributed by atoms with van der Waals surface area (Å²) in [6.07, 6.45) is 2.38. The van der Waals surface area contributed by atoms with E-state index in [2.05, 4.69) is 43.3 Å². The van der Waals surface area contributed by atoms with Gasteiger partial charge < -0.3 is 14.7 Å². The summed E-state index contributed by atoms with van der Waals surface area (Å²) in [7, 11) is 0. The summed E-state index contributed by atoms with van der Waals surface area (Å²) in [6, 6.07) is 2.11. The van der Waals surface area contributed by atoms with Crippen molar-refractivity contribution >= 4 is 5.82 Å². The molecule has 2 aromatic heterocycles. The molecule has 0 bridgehead atoms. The lowest BCUT2D eigenvalue weighted by molar-refractivity contribution is 0.387. The fourth-order valence-electron chi connectivity index (χ4n) is 2.98. The number of anilines is 1. The first-order valence-corrected chi connectivity index (χ1v) is 8.26. The van der Waals surface area contributed by atoms with Gasteiger partial charge in [-0.15, -0.1) is 0 Å². The standard InChI is InChI=1S/C16H24N6O/c1-4-22(10-15-20-12(3)23-21-15)16-8-14(18-11(2)19-16)13-6-5-7-17-9-13/h8,13,17H,4-7,9-10H2,1-3H3/t13-/m0/s1. The van der Waals surface area contributed by atoms with E-state index in [1.807, 2.05) is 6.92 Å². The van der Waals surface area contributed by atoms with Crippen LogP contribution in [0.2, 0.25) is 0 Å². The van der Waals surface area contributed by atoms with Gasteiger partial charge in [-0.05, 0) is 33.2 Å². The molecule has 0 unspecified atom stereocenters. The molecular formula is C16H24N6O. The van der Waals surface area contributed by atoms with Gasteiger partial charge in [0.1, 0.15) is 11.6 Å². The zero-order chi connectivity index (χ0) is 16.2. The van der Waals surface area contributed by atoms with Crippen LogP contribution in [0.5, 0.6) is 0 Å². The molecule has 0 radical (unpaired) electrons. The first-order chi connectivity index (χ1) is 11.2. The molecule has 3 heterocycles. The number of hydrogen-bond acceptors (Lipinski definition) is 7. The number of aromatic nitrogens is 4. The second-order valence-corrected chi connectivity index (χ2v) is 5.99. The summed E-state index contributed by atoms with van der Waals surface area (Å²) < 4.78 is 5.06. The van der Waals surface area contributed by atoms with E-state index in [1.54, 1.807) is 6.92 Å². The Morgan fingerprint density at radius 2 is 2.17 bits per heavy atom. The molecule has 0 aromatic carbocycles. The van der Waals surface area contributed by atoms with E-state index in [1.165, 1.54) is 12.8 Å². The smallest absolute Gasteiger partial charge is 0.223 e. The third kappa shape index (κ3) is 3.85. The van der Waals surface area contributed by atoms with Crippen molar-refractivity contribution in [3.8, 4) is 0 Å². The van der Waals surface area contributed by atoms with Gasteiger partial charge >= 0.3 is 0 Å². The Morgan fingerprint density at radius 1 is 1.30 bits per heavy atom. The highest BCUT2D eigenvalue weighted by Crippen LogP contribution is 2.25. The Bertz CT molecular complexity index is 650. The highest BCUT2D eigenvalue weighted by Gasteiger charge is 2.19. The van der Waals surface area contributed by atoms with Gasteiger partial charge in [-0.3, -0.25) is 0 Å². The average molecular weight is 316 g/mol. The third-order valence-corrected chi connectivity index (χ3v) is 4.17. The molecule has 0 saturated carbocycles. The molecule has 3 rings (SSSR count). The molecule has 124 valence electrons. The number of piperidine rings is 1. The maximum Gasteiger partial charge on any atom is 0.223 e. The molecular weight excluding hydrogens is 292 g/mol. The van der Waals surface area contributed by atoms with Crippen molar-refractivity contribution in [1.82, 2.24) is 25.4 Å². The van der Waals surface area contributed by atoms with Gasteiger partial charge in [0.2, 0.25) is 5.89 Å². The number of nitrogens with zero attached hydrogens (tertiary/aromatic N) is 5. The van der Waals surface area contributed by atoms with Gasteiger partial charge in [0.15, 0.2) is 5.82 Å². The summed E-state index contributed by atoms with van der Waals surface area (Å²) in [5, 5.41) is 7.43. The van der Waals surface area contributed by atoms with Gasteiger partial charge in [-0.1, -0.05) is 5.16 Å². The molecule has 1 N–H and O–H groups in total. The monoisotopic (exact) mass is 316 g/mol. The quantitative estimate of drug-likeness (QED) is 0.903. The first-order valence-electron chi connectivity index (χ1n) is 8.26. The Morgan fingerprint density at radius 3 is 2.83 bits per heavy atom. The summed E-state index contributed by atoms with van der Waals surface area (Å²) in [5.41, 5.74) is 1.13. The molecule has 1 atom stereocenters. The number of rotatable bonds is 5. The molecule has 0 spiro atoms. The van der Waals surface area contributed by atoms with Crippen molar-refractivity contribution in [1.29, 1.82) is 0 Å². The van der Waals surface area contributed by atoms with Crippen molar-refractivity contribution in [3.63, 3.8) is 0 Å². The molecule has 2 aromatic rings. The van der Waals surface area contributed by atoms with Crippen LogP contribution < -0.4 is 10.2 Å². The molecule has 1 aliphatic heterocycles. The largest absolute Gasteiger partial charge is 0.349 e. The van der Waals surface area contributed by atoms with Crippen LogP contribution in [-0.2, 0) is 6.54 Å². The van der Waals surface area contributed by atoms with Crippen LogP contribution in [0.25, 0.3) is 0 Å². The highest BCUT2D eigenvalue weighted by atomic mass is 16.5. The van der Waals surface area contributed by atoms with Crippen LogP contribution >= 0.6 is 0 Å². The minimum Gasteiger partial charge on any atom is -0.349 e. The van der Waals surface area contributed by atoms with Crippen LogP contribution in [0.4, 0.5) is 5.82 Å². The van der Waals surface area contributed by atoms with Gasteiger partial charge in [-0.25, -0.2) is 9.97 Å². The highest BCUT2D eigenvalue weighted by molar-refractivity contribution is 5.40. The zero-order valence-corrected chi connectivity index (χ0v) is 14.0. The second kappa shape index (κ2) is 7.04. The lowest BCUT2D eigenvalue weighted by atomic mass is 9.96. The second-order valence-electron chi connectivity index (χ2n) is 5.99. The maximum absolute atomic E-state index is 5.06. The molecule has 0 aliphatic carbocycles. The minimum atomic E-state index is 0.468. The van der Waals surface area contributed by atoms with Crippen LogP contribution in [0.3, 0.4) is 0 Å². The van der Waals surface area contributed by atoms with Crippen molar-refractivity contribution in [3.05, 3.63) is 29.3 Å². The molecule has 1 aliphatic rings. The molecule has 7 heteroatoms. The SMILES string of the molecule is CCN(Cc1noc(C)n1)c1cc([C@H]2CCCNC2)nc(C)n1. The van der Waals surface area contributed by atoms with Gasteiger partial charge in [0.25, 0.3) is 0 Å². The Labute approximate surface area is 136 Å². The predicted octanol–water partition coefficient (Wildman–Crippen LogP) is 1.97. The lowest BCUT2D eigenvalue weighted by Gasteiger charge is -2.25. The van der Waals surface area contributed by atoms with Crippen LogP contribution in [-0.4, -0.2) is 39.7 Å². The third-order valence-electron chi connectivity index (χ3n) is 4.17. The van der Waals surface area contributed by atoms with E-state index >= 15 is 0 Å². The molecule has 1 saturated heterocycles. The van der Waals surface area contributed by atoms with Gasteiger partial charge in [0.05, 0.1) is 12.2 Å². The number of hydrogen-bond donors (Lipinski definition) is 1. The fraction of sp³-hybridized carbons (Fsp3) is 0.625. The average Bonchev–Trinajstić information content (AvgIpc) is 2.98. The van der Waals surface area contributed by atoms with E-state index in [4.69, 9.17) is 4.52 Å². The van der Waals surface area contributed by atoms with Crippen molar-refractivity contribution in [2.75, 3.05) is 24.5 Å². The maximum atomic E-state index is 5.06. The van der Waals surface area contributed by atoms with E-state index in [0.717, 1.165) is 37.0 Å². The molecule has 23 heavy (non-hydrogen) atoms. The van der Waals surface area contributed by atoms with Gasteiger partial charge in [0, 0.05) is 32.0 Å².